The van der Waals surface area contributed by atoms with E-state index < -0.39 is 16.4 Å². The fraction of sp³-hybridized carbons (Fsp3) is 0.462. The standard InChI is InChI=1S/C13H15ClN2O4/c1-13(18)6-3-7-15(8-13)12(17)9-4-2-5-10(14)11(9)16(19)20/h2,4-5,18H,3,6-8H2,1H3. The number of nitro benzene ring substituents is 1. The number of nitro groups is 1. The molecule has 1 aliphatic heterocycles. The van der Waals surface area contributed by atoms with Crippen LogP contribution < -0.4 is 0 Å². The Morgan fingerprint density at radius 1 is 1.55 bits per heavy atom. The van der Waals surface area contributed by atoms with Crippen molar-refractivity contribution in [1.82, 2.24) is 4.90 Å². The summed E-state index contributed by atoms with van der Waals surface area (Å²) in [5.41, 5.74) is -1.38. The number of nitrogens with zero attached hydrogens (tertiary/aromatic N) is 2. The van der Waals surface area contributed by atoms with Crippen molar-refractivity contribution < 1.29 is 14.8 Å². The van der Waals surface area contributed by atoms with Crippen molar-refractivity contribution in [2.45, 2.75) is 25.4 Å². The second-order valence-corrected chi connectivity index (χ2v) is 5.63. The van der Waals surface area contributed by atoms with Crippen LogP contribution in [0.25, 0.3) is 0 Å². The number of amides is 1. The molecule has 1 aromatic carbocycles. The quantitative estimate of drug-likeness (QED) is 0.670. The molecule has 1 fully saturated rings. The van der Waals surface area contributed by atoms with Gasteiger partial charge in [-0.3, -0.25) is 14.9 Å². The first-order chi connectivity index (χ1) is 9.32. The molecule has 0 spiro atoms. The number of hydrogen-bond acceptors (Lipinski definition) is 4. The summed E-state index contributed by atoms with van der Waals surface area (Å²) >= 11 is 5.80. The van der Waals surface area contributed by atoms with Crippen LogP contribution in [0.1, 0.15) is 30.1 Å². The van der Waals surface area contributed by atoms with Gasteiger partial charge in [0.2, 0.25) is 0 Å². The highest BCUT2D eigenvalue weighted by Crippen LogP contribution is 2.30. The Bertz CT molecular complexity index is 559. The molecule has 1 N–H and O–H groups in total. The maximum absolute atomic E-state index is 12.4. The molecule has 1 heterocycles. The minimum Gasteiger partial charge on any atom is -0.388 e. The molecule has 0 radical (unpaired) electrons. The molecule has 2 rings (SSSR count). The summed E-state index contributed by atoms with van der Waals surface area (Å²) in [4.78, 5) is 24.3. The lowest BCUT2D eigenvalue weighted by atomic mass is 9.94. The van der Waals surface area contributed by atoms with Crippen molar-refractivity contribution in [1.29, 1.82) is 0 Å². The number of β-amino-alcohol motifs (C(OH)–C–C–N with tert-alkyl or cyclic N) is 1. The van der Waals surface area contributed by atoms with Crippen LogP contribution >= 0.6 is 11.6 Å². The highest BCUT2D eigenvalue weighted by molar-refractivity contribution is 6.33. The zero-order valence-electron chi connectivity index (χ0n) is 11.0. The van der Waals surface area contributed by atoms with Gasteiger partial charge in [0, 0.05) is 13.1 Å². The molecule has 1 aliphatic rings. The lowest BCUT2D eigenvalue weighted by Crippen LogP contribution is -2.48. The van der Waals surface area contributed by atoms with Crippen molar-refractivity contribution in [2.24, 2.45) is 0 Å². The Labute approximate surface area is 121 Å². The number of likely N-dealkylation sites (tertiary alicyclic amines) is 1. The number of carbonyl (C=O) groups is 1. The van der Waals surface area contributed by atoms with E-state index in [2.05, 4.69) is 0 Å². The molecule has 0 saturated carbocycles. The second kappa shape index (κ2) is 5.38. The summed E-state index contributed by atoms with van der Waals surface area (Å²) in [6, 6.07) is 4.27. The molecule has 6 nitrogen and oxygen atoms in total. The number of para-hydroxylation sites is 1. The van der Waals surface area contributed by atoms with Crippen LogP contribution in [0, 0.1) is 10.1 Å². The zero-order chi connectivity index (χ0) is 14.9. The first-order valence-corrected chi connectivity index (χ1v) is 6.64. The largest absolute Gasteiger partial charge is 0.388 e. The SMILES string of the molecule is CC1(O)CCCN(C(=O)c2cccc(Cl)c2[N+](=O)[O-])C1. The van der Waals surface area contributed by atoms with Gasteiger partial charge in [0.1, 0.15) is 10.6 Å². The minimum atomic E-state index is -0.957. The van der Waals surface area contributed by atoms with E-state index in [1.807, 2.05) is 0 Å². The second-order valence-electron chi connectivity index (χ2n) is 5.22. The van der Waals surface area contributed by atoms with Gasteiger partial charge in [0.15, 0.2) is 0 Å². The highest BCUT2D eigenvalue weighted by Gasteiger charge is 2.34. The molecule has 0 aromatic heterocycles. The molecule has 7 heteroatoms. The van der Waals surface area contributed by atoms with Crippen molar-refractivity contribution >= 4 is 23.2 Å². The molecule has 0 aliphatic carbocycles. The molecule has 1 amide bonds. The number of benzene rings is 1. The molecule has 0 bridgehead atoms. The Kier molecular flexibility index (Phi) is 3.96. The van der Waals surface area contributed by atoms with E-state index >= 15 is 0 Å². The normalized spacial score (nSPS) is 22.6. The first-order valence-electron chi connectivity index (χ1n) is 6.26. The van der Waals surface area contributed by atoms with E-state index in [0.717, 1.165) is 0 Å². The van der Waals surface area contributed by atoms with Crippen molar-refractivity contribution in [3.8, 4) is 0 Å². The van der Waals surface area contributed by atoms with Crippen LogP contribution in [-0.4, -0.2) is 39.5 Å². The first kappa shape index (κ1) is 14.7. The number of piperidine rings is 1. The summed E-state index contributed by atoms with van der Waals surface area (Å²) in [5.74, 6) is -0.473. The fourth-order valence-electron chi connectivity index (χ4n) is 2.44. The molecule has 1 atom stereocenters. The van der Waals surface area contributed by atoms with Gasteiger partial charge in [-0.15, -0.1) is 0 Å². The molecule has 1 saturated heterocycles. The third-order valence-corrected chi connectivity index (χ3v) is 3.67. The van der Waals surface area contributed by atoms with Gasteiger partial charge in [-0.05, 0) is 31.9 Å². The third-order valence-electron chi connectivity index (χ3n) is 3.36. The lowest BCUT2D eigenvalue weighted by molar-refractivity contribution is -0.385. The van der Waals surface area contributed by atoms with Crippen molar-refractivity contribution in [3.63, 3.8) is 0 Å². The Morgan fingerprint density at radius 3 is 2.85 bits per heavy atom. The number of rotatable bonds is 2. The van der Waals surface area contributed by atoms with Gasteiger partial charge in [-0.2, -0.15) is 0 Å². The Morgan fingerprint density at radius 2 is 2.25 bits per heavy atom. The Balaban J connectivity index is 2.34. The number of carbonyl (C=O) groups excluding carboxylic acids is 1. The highest BCUT2D eigenvalue weighted by atomic mass is 35.5. The fourth-order valence-corrected chi connectivity index (χ4v) is 2.68. The molecule has 1 aromatic rings. The molecular formula is C13H15ClN2O4. The van der Waals surface area contributed by atoms with Gasteiger partial charge < -0.3 is 10.0 Å². The van der Waals surface area contributed by atoms with E-state index in [9.17, 15) is 20.0 Å². The number of aliphatic hydroxyl groups is 1. The van der Waals surface area contributed by atoms with Crippen LogP contribution in [0.4, 0.5) is 5.69 Å². The van der Waals surface area contributed by atoms with Crippen LogP contribution in [-0.2, 0) is 0 Å². The summed E-state index contributed by atoms with van der Waals surface area (Å²) in [6.45, 7) is 2.28. The lowest BCUT2D eigenvalue weighted by Gasteiger charge is -2.36. The summed E-state index contributed by atoms with van der Waals surface area (Å²) in [7, 11) is 0. The van der Waals surface area contributed by atoms with Gasteiger partial charge in [0.25, 0.3) is 5.91 Å². The summed E-state index contributed by atoms with van der Waals surface area (Å²) in [6.07, 6.45) is 1.27. The topological polar surface area (TPSA) is 83.7 Å². The molecule has 20 heavy (non-hydrogen) atoms. The average molecular weight is 299 g/mol. The smallest absolute Gasteiger partial charge is 0.300 e. The number of hydrogen-bond donors (Lipinski definition) is 1. The average Bonchev–Trinajstić information content (AvgIpc) is 2.35. The monoisotopic (exact) mass is 298 g/mol. The van der Waals surface area contributed by atoms with Crippen LogP contribution in [0.2, 0.25) is 5.02 Å². The zero-order valence-corrected chi connectivity index (χ0v) is 11.8. The van der Waals surface area contributed by atoms with Crippen molar-refractivity contribution in [3.05, 3.63) is 38.9 Å². The predicted molar refractivity (Wildman–Crippen MR) is 73.9 cm³/mol. The Hall–Kier alpha value is -1.66. The van der Waals surface area contributed by atoms with E-state index in [0.29, 0.717) is 19.4 Å². The van der Waals surface area contributed by atoms with Gasteiger partial charge in [0.05, 0.1) is 10.5 Å². The van der Waals surface area contributed by atoms with Crippen LogP contribution in [0.3, 0.4) is 0 Å². The van der Waals surface area contributed by atoms with Crippen molar-refractivity contribution in [2.75, 3.05) is 13.1 Å². The minimum absolute atomic E-state index is 0.0415. The van der Waals surface area contributed by atoms with E-state index in [-0.39, 0.29) is 22.8 Å². The van der Waals surface area contributed by atoms with Gasteiger partial charge >= 0.3 is 5.69 Å². The molecule has 108 valence electrons. The molecular weight excluding hydrogens is 284 g/mol. The maximum atomic E-state index is 12.4. The summed E-state index contributed by atoms with van der Waals surface area (Å²) in [5, 5.41) is 21.0. The van der Waals surface area contributed by atoms with Crippen LogP contribution in [0.5, 0.6) is 0 Å². The maximum Gasteiger partial charge on any atom is 0.300 e. The van der Waals surface area contributed by atoms with Gasteiger partial charge in [-0.1, -0.05) is 17.7 Å². The van der Waals surface area contributed by atoms with E-state index in [1.54, 1.807) is 6.92 Å². The third kappa shape index (κ3) is 2.91. The van der Waals surface area contributed by atoms with Crippen LogP contribution in [0.15, 0.2) is 18.2 Å². The molecule has 1 unspecified atom stereocenters. The van der Waals surface area contributed by atoms with Gasteiger partial charge in [-0.25, -0.2) is 0 Å². The number of halogens is 1. The van der Waals surface area contributed by atoms with E-state index in [4.69, 9.17) is 11.6 Å². The summed E-state index contributed by atoms with van der Waals surface area (Å²) < 4.78 is 0. The van der Waals surface area contributed by atoms with E-state index in [1.165, 1.54) is 23.1 Å². The predicted octanol–water partition coefficient (Wildman–Crippen LogP) is 2.24.